The third-order valence-electron chi connectivity index (χ3n) is 11.3. The van der Waals surface area contributed by atoms with Crippen LogP contribution in [0.5, 0.6) is 23.0 Å². The van der Waals surface area contributed by atoms with Gasteiger partial charge in [0, 0.05) is 84.3 Å². The van der Waals surface area contributed by atoms with Gasteiger partial charge >= 0.3 is 6.09 Å². The van der Waals surface area contributed by atoms with Gasteiger partial charge in [0.05, 0.1) is 25.7 Å². The van der Waals surface area contributed by atoms with Crippen molar-refractivity contribution in [1.82, 2.24) is 14.4 Å². The number of carbonyl (C=O) groups excluding carboxylic acids is 2. The Morgan fingerprint density at radius 3 is 2.23 bits per heavy atom. The van der Waals surface area contributed by atoms with Gasteiger partial charge in [0.25, 0.3) is 0 Å². The van der Waals surface area contributed by atoms with Crippen LogP contribution >= 0.6 is 0 Å². The zero-order valence-electron chi connectivity index (χ0n) is 38.1. The first-order chi connectivity index (χ1) is 29.5. The molecule has 14 heteroatoms. The summed E-state index contributed by atoms with van der Waals surface area (Å²) in [6, 6.07) is 17.5. The van der Waals surface area contributed by atoms with Crippen LogP contribution in [0.1, 0.15) is 69.1 Å². The first kappa shape index (κ1) is 46.7. The largest absolute Gasteiger partial charge is 0.497 e. The van der Waals surface area contributed by atoms with E-state index in [4.69, 9.17) is 33.2 Å². The molecule has 2 fully saturated rings. The summed E-state index contributed by atoms with van der Waals surface area (Å²) in [5.41, 5.74) is 2.52. The Kier molecular flexibility index (Phi) is 15.5. The number of benzene rings is 3. The minimum absolute atomic E-state index is 0.000411. The van der Waals surface area contributed by atoms with Gasteiger partial charge in [-0.05, 0) is 112 Å². The summed E-state index contributed by atoms with van der Waals surface area (Å²) in [5.74, 6) is 1.03. The van der Waals surface area contributed by atoms with Gasteiger partial charge in [-0.2, -0.15) is 0 Å². The normalized spacial score (nSPS) is 16.9. The minimum Gasteiger partial charge on any atom is -0.497 e. The van der Waals surface area contributed by atoms with Crippen LogP contribution in [0.4, 0.5) is 9.18 Å². The highest BCUT2D eigenvalue weighted by Gasteiger charge is 2.44. The van der Waals surface area contributed by atoms with Gasteiger partial charge in [-0.3, -0.25) is 4.79 Å². The number of fused-ring (bicyclic) bond motifs is 1. The summed E-state index contributed by atoms with van der Waals surface area (Å²) in [6.07, 6.45) is 4.47. The maximum atomic E-state index is 15.7. The molecule has 1 saturated heterocycles. The van der Waals surface area contributed by atoms with E-state index in [2.05, 4.69) is 24.2 Å². The third-order valence-corrected chi connectivity index (χ3v) is 13.0. The van der Waals surface area contributed by atoms with Crippen molar-refractivity contribution in [3.63, 3.8) is 0 Å². The van der Waals surface area contributed by atoms with Gasteiger partial charge in [-0.15, -0.1) is 0 Å². The molecule has 2 atom stereocenters. The number of piperidine rings is 1. The van der Waals surface area contributed by atoms with Crippen LogP contribution in [0.3, 0.4) is 0 Å². The molecule has 1 aliphatic carbocycles. The van der Waals surface area contributed by atoms with E-state index >= 15 is 9.18 Å². The highest BCUT2D eigenvalue weighted by atomic mass is 28.3. The average molecular weight is 876 g/mol. The van der Waals surface area contributed by atoms with Gasteiger partial charge in [-0.25, -0.2) is 9.18 Å². The van der Waals surface area contributed by atoms with Crippen molar-refractivity contribution < 1.29 is 47.1 Å². The van der Waals surface area contributed by atoms with Gasteiger partial charge < -0.3 is 47.5 Å². The quantitative estimate of drug-likeness (QED) is 0.0487. The molecule has 1 aliphatic heterocycles. The van der Waals surface area contributed by atoms with E-state index in [1.54, 1.807) is 32.3 Å². The molecule has 0 radical (unpaired) electrons. The van der Waals surface area contributed by atoms with Gasteiger partial charge in [0.2, 0.25) is 5.91 Å². The zero-order chi connectivity index (χ0) is 44.6. The van der Waals surface area contributed by atoms with Crippen molar-refractivity contribution >= 4 is 31.0 Å². The molecule has 6 rings (SSSR count). The molecule has 3 aromatic carbocycles. The van der Waals surface area contributed by atoms with E-state index in [-0.39, 0.29) is 50.2 Å². The van der Waals surface area contributed by atoms with Crippen LogP contribution < -0.4 is 18.9 Å². The number of amides is 2. The number of rotatable bonds is 20. The predicted octanol–water partition coefficient (Wildman–Crippen LogP) is 9.64. The lowest BCUT2D eigenvalue weighted by Gasteiger charge is -2.40. The number of likely N-dealkylation sites (tertiary alicyclic amines) is 1. The Balaban J connectivity index is 1.34. The number of halogens is 1. The van der Waals surface area contributed by atoms with Gasteiger partial charge in [0.15, 0.2) is 6.79 Å². The molecular weight excluding hydrogens is 810 g/mol. The standard InChI is InChI=1S/C48H66FN3O9Si/c1-48(2,3)61-47(54)51-18-16-41(42(30-51)46(53)52(36-14-15-36)29-35-28-50(17-11-19-55-4)44-13-10-12-43(49)45(35)44)34-24-39(27-40(25-34)60-32-58-20-21-62(7,8)9)59-31-33-22-37(56-5)26-38(23-33)57-6/h10,12-13,22-28,36,41-42H,11,14-21,29-32H2,1-9H3/t41-,42+/m1/s1. The summed E-state index contributed by atoms with van der Waals surface area (Å²) in [4.78, 5) is 32.5. The maximum absolute atomic E-state index is 15.7. The summed E-state index contributed by atoms with van der Waals surface area (Å²) >= 11 is 0. The molecule has 0 N–H and O–H groups in total. The van der Waals surface area contributed by atoms with Crippen LogP contribution in [0.2, 0.25) is 25.7 Å². The monoisotopic (exact) mass is 875 g/mol. The van der Waals surface area contributed by atoms with Crippen molar-refractivity contribution in [2.45, 2.75) is 109 Å². The molecule has 62 heavy (non-hydrogen) atoms. The molecule has 1 saturated carbocycles. The molecule has 0 spiro atoms. The van der Waals surface area contributed by atoms with E-state index in [0.29, 0.717) is 61.1 Å². The summed E-state index contributed by atoms with van der Waals surface area (Å²) < 4.78 is 58.5. The Bertz CT molecular complexity index is 2120. The van der Waals surface area contributed by atoms with E-state index in [1.807, 2.05) is 74.3 Å². The molecule has 1 aromatic heterocycles. The Morgan fingerprint density at radius 2 is 1.58 bits per heavy atom. The summed E-state index contributed by atoms with van der Waals surface area (Å²) in [7, 11) is 3.58. The molecular formula is C48H66FN3O9Si. The lowest BCUT2D eigenvalue weighted by Crippen LogP contribution is -2.51. The number of nitrogens with zero attached hydrogens (tertiary/aromatic N) is 3. The van der Waals surface area contributed by atoms with Crippen LogP contribution in [0.25, 0.3) is 10.9 Å². The van der Waals surface area contributed by atoms with E-state index in [9.17, 15) is 4.79 Å². The summed E-state index contributed by atoms with van der Waals surface area (Å²) in [6.45, 7) is 15.3. The number of hydrogen-bond acceptors (Lipinski definition) is 9. The third kappa shape index (κ3) is 12.7. The fourth-order valence-electron chi connectivity index (χ4n) is 7.98. The van der Waals surface area contributed by atoms with Crippen molar-refractivity contribution in [2.75, 3.05) is 54.4 Å². The van der Waals surface area contributed by atoms with E-state index in [1.165, 1.54) is 6.07 Å². The Hall–Kier alpha value is -4.79. The number of carbonyl (C=O) groups is 2. The fourth-order valence-corrected chi connectivity index (χ4v) is 8.73. The first-order valence-corrected chi connectivity index (χ1v) is 25.5. The van der Waals surface area contributed by atoms with Crippen LogP contribution in [-0.2, 0) is 38.7 Å². The Morgan fingerprint density at radius 1 is 0.887 bits per heavy atom. The second kappa shape index (κ2) is 20.6. The van der Waals surface area contributed by atoms with Crippen molar-refractivity contribution in [2.24, 2.45) is 5.92 Å². The Labute approximate surface area is 367 Å². The topological polar surface area (TPSA) is 110 Å². The van der Waals surface area contributed by atoms with Crippen LogP contribution in [0.15, 0.2) is 60.8 Å². The number of ether oxygens (including phenoxy) is 7. The second-order valence-corrected chi connectivity index (χ2v) is 24.3. The SMILES string of the molecule is COCCCn1cc(CN(C(=O)[C@H]2CN(C(=O)OC(C)(C)C)CC[C@@H]2c2cc(OCOCC[Si](C)(C)C)cc(OCc3cc(OC)cc(OC)c3)c2)C2CC2)c2c(F)cccc21. The maximum Gasteiger partial charge on any atom is 0.410 e. The minimum atomic E-state index is -1.31. The lowest BCUT2D eigenvalue weighted by molar-refractivity contribution is -0.139. The molecule has 0 unspecified atom stereocenters. The van der Waals surface area contributed by atoms with Crippen molar-refractivity contribution in [1.29, 1.82) is 0 Å². The predicted molar refractivity (Wildman–Crippen MR) is 241 cm³/mol. The summed E-state index contributed by atoms with van der Waals surface area (Å²) in [5, 5.41) is 0.520. The number of aryl methyl sites for hydroxylation is 1. The average Bonchev–Trinajstić information content (AvgIpc) is 4.01. The zero-order valence-corrected chi connectivity index (χ0v) is 39.1. The highest BCUT2D eigenvalue weighted by Crippen LogP contribution is 2.41. The fraction of sp³-hybridized carbons (Fsp3) is 0.542. The number of aromatic nitrogens is 1. The van der Waals surface area contributed by atoms with E-state index < -0.39 is 25.7 Å². The smallest absolute Gasteiger partial charge is 0.410 e. The molecule has 2 aliphatic rings. The second-order valence-electron chi connectivity index (χ2n) is 18.7. The lowest BCUT2D eigenvalue weighted by atomic mass is 9.79. The molecule has 2 heterocycles. The van der Waals surface area contributed by atoms with Crippen LogP contribution in [-0.4, -0.2) is 101 Å². The van der Waals surface area contributed by atoms with Gasteiger partial charge in [-0.1, -0.05) is 25.7 Å². The highest BCUT2D eigenvalue weighted by molar-refractivity contribution is 6.76. The van der Waals surface area contributed by atoms with Crippen molar-refractivity contribution in [3.8, 4) is 23.0 Å². The van der Waals surface area contributed by atoms with Crippen molar-refractivity contribution in [3.05, 3.63) is 83.3 Å². The van der Waals surface area contributed by atoms with Gasteiger partial charge in [0.1, 0.15) is 41.0 Å². The first-order valence-electron chi connectivity index (χ1n) is 21.8. The van der Waals surface area contributed by atoms with E-state index in [0.717, 1.165) is 47.5 Å². The molecule has 12 nitrogen and oxygen atoms in total. The van der Waals surface area contributed by atoms with Crippen LogP contribution in [0, 0.1) is 11.7 Å². The molecule has 4 aromatic rings. The molecule has 338 valence electrons. The molecule has 2 amide bonds. The number of methoxy groups -OCH3 is 3. The number of hydrogen-bond donors (Lipinski definition) is 0. The molecule has 0 bridgehead atoms.